The summed E-state index contributed by atoms with van der Waals surface area (Å²) < 4.78 is 32.3. The topological polar surface area (TPSA) is 87.7 Å². The number of nitrogens with one attached hydrogen (secondary N) is 2. The monoisotopic (exact) mass is 391 g/mol. The van der Waals surface area contributed by atoms with Crippen molar-refractivity contribution in [1.29, 1.82) is 0 Å². The van der Waals surface area contributed by atoms with E-state index in [1.807, 2.05) is 14.0 Å². The number of benzene rings is 1. The van der Waals surface area contributed by atoms with Crippen LogP contribution in [0.25, 0.3) is 0 Å². The van der Waals surface area contributed by atoms with Crippen LogP contribution >= 0.6 is 12.4 Å². The molecule has 1 atom stereocenters. The summed E-state index contributed by atoms with van der Waals surface area (Å²) in [6.07, 6.45) is 0. The van der Waals surface area contributed by atoms with Gasteiger partial charge >= 0.3 is 0 Å². The lowest BCUT2D eigenvalue weighted by Crippen LogP contribution is -2.41. The summed E-state index contributed by atoms with van der Waals surface area (Å²) >= 11 is 0. The van der Waals surface area contributed by atoms with Crippen LogP contribution in [0, 0.1) is 6.92 Å². The minimum Gasteiger partial charge on any atom is -0.379 e. The molecule has 1 aromatic carbocycles. The lowest BCUT2D eigenvalue weighted by atomic mass is 10.1. The van der Waals surface area contributed by atoms with E-state index in [0.29, 0.717) is 44.0 Å². The van der Waals surface area contributed by atoms with E-state index in [9.17, 15) is 13.2 Å². The van der Waals surface area contributed by atoms with Crippen LogP contribution in [0.3, 0.4) is 0 Å². The molecule has 0 saturated carbocycles. The van der Waals surface area contributed by atoms with E-state index < -0.39 is 10.0 Å². The first kappa shape index (κ1) is 21.9. The summed E-state index contributed by atoms with van der Waals surface area (Å²) in [4.78, 5) is 12.4. The maximum absolute atomic E-state index is 12.8. The molecule has 1 saturated heterocycles. The maximum Gasteiger partial charge on any atom is 0.251 e. The Hall–Kier alpha value is -1.19. The summed E-state index contributed by atoms with van der Waals surface area (Å²) in [5.74, 6) is -0.282. The Balaban J connectivity index is 0.00000312. The molecule has 142 valence electrons. The van der Waals surface area contributed by atoms with Gasteiger partial charge in [-0.2, -0.15) is 4.31 Å². The van der Waals surface area contributed by atoms with Gasteiger partial charge in [-0.05, 0) is 38.6 Å². The van der Waals surface area contributed by atoms with Crippen molar-refractivity contribution in [2.24, 2.45) is 0 Å². The van der Waals surface area contributed by atoms with E-state index in [1.54, 1.807) is 19.1 Å². The predicted molar refractivity (Wildman–Crippen MR) is 98.9 cm³/mol. The molecular weight excluding hydrogens is 366 g/mol. The number of morpholine rings is 1. The van der Waals surface area contributed by atoms with Crippen LogP contribution < -0.4 is 10.6 Å². The fourth-order valence-corrected chi connectivity index (χ4v) is 4.05. The van der Waals surface area contributed by atoms with Gasteiger partial charge < -0.3 is 15.4 Å². The molecule has 0 bridgehead atoms. The SMILES string of the molecule is CNC(C)CNC(=O)c1ccc(C)c(S(=O)(=O)N2CCOCC2)c1.Cl. The van der Waals surface area contributed by atoms with Gasteiger partial charge in [-0.3, -0.25) is 4.79 Å². The second-order valence-electron chi connectivity index (χ2n) is 5.90. The molecule has 2 N–H and O–H groups in total. The highest BCUT2D eigenvalue weighted by atomic mass is 35.5. The van der Waals surface area contributed by atoms with Crippen LogP contribution in [0.5, 0.6) is 0 Å². The van der Waals surface area contributed by atoms with Gasteiger partial charge in [-0.25, -0.2) is 8.42 Å². The molecule has 0 radical (unpaired) electrons. The molecule has 1 aromatic rings. The highest BCUT2D eigenvalue weighted by Crippen LogP contribution is 2.22. The highest BCUT2D eigenvalue weighted by Gasteiger charge is 2.28. The average Bonchev–Trinajstić information content (AvgIpc) is 2.60. The van der Waals surface area contributed by atoms with Crippen molar-refractivity contribution in [2.45, 2.75) is 24.8 Å². The Labute approximate surface area is 155 Å². The summed E-state index contributed by atoms with van der Waals surface area (Å²) in [6, 6.07) is 4.91. The van der Waals surface area contributed by atoms with Crippen molar-refractivity contribution in [2.75, 3.05) is 39.9 Å². The number of aryl methyl sites for hydroxylation is 1. The van der Waals surface area contributed by atoms with E-state index in [2.05, 4.69) is 10.6 Å². The van der Waals surface area contributed by atoms with Crippen LogP contribution in [-0.2, 0) is 14.8 Å². The molecule has 7 nitrogen and oxygen atoms in total. The molecule has 1 heterocycles. The van der Waals surface area contributed by atoms with Crippen LogP contribution in [-0.4, -0.2) is 64.6 Å². The van der Waals surface area contributed by atoms with Crippen molar-refractivity contribution in [3.63, 3.8) is 0 Å². The summed E-state index contributed by atoms with van der Waals surface area (Å²) in [5.41, 5.74) is 0.970. The van der Waals surface area contributed by atoms with Gasteiger partial charge in [-0.1, -0.05) is 6.07 Å². The molecule has 0 aliphatic carbocycles. The smallest absolute Gasteiger partial charge is 0.251 e. The van der Waals surface area contributed by atoms with E-state index in [1.165, 1.54) is 10.4 Å². The molecular formula is C16H26ClN3O4S. The Morgan fingerprint density at radius 1 is 1.32 bits per heavy atom. The van der Waals surface area contributed by atoms with E-state index >= 15 is 0 Å². The fraction of sp³-hybridized carbons (Fsp3) is 0.562. The molecule has 1 unspecified atom stereocenters. The van der Waals surface area contributed by atoms with Crippen molar-refractivity contribution >= 4 is 28.3 Å². The Morgan fingerprint density at radius 3 is 2.56 bits per heavy atom. The van der Waals surface area contributed by atoms with Crippen molar-refractivity contribution < 1.29 is 17.9 Å². The highest BCUT2D eigenvalue weighted by molar-refractivity contribution is 7.89. The molecule has 2 rings (SSSR count). The minimum atomic E-state index is -3.62. The average molecular weight is 392 g/mol. The normalized spacial score (nSPS) is 16.8. The number of hydrogen-bond donors (Lipinski definition) is 2. The molecule has 25 heavy (non-hydrogen) atoms. The van der Waals surface area contributed by atoms with E-state index in [-0.39, 0.29) is 29.3 Å². The second kappa shape index (κ2) is 9.49. The number of carbonyl (C=O) groups excluding carboxylic acids is 1. The molecule has 9 heteroatoms. The number of amides is 1. The van der Waals surface area contributed by atoms with E-state index in [0.717, 1.165) is 0 Å². The number of hydrogen-bond acceptors (Lipinski definition) is 5. The fourth-order valence-electron chi connectivity index (χ4n) is 2.40. The zero-order valence-electron chi connectivity index (χ0n) is 14.7. The number of halogens is 1. The number of likely N-dealkylation sites (N-methyl/N-ethyl adjacent to an activating group) is 1. The molecule has 0 spiro atoms. The third-order valence-corrected chi connectivity index (χ3v) is 6.14. The first-order chi connectivity index (χ1) is 11.4. The zero-order chi connectivity index (χ0) is 17.7. The van der Waals surface area contributed by atoms with Crippen LogP contribution in [0.4, 0.5) is 0 Å². The first-order valence-electron chi connectivity index (χ1n) is 8.00. The number of nitrogens with zero attached hydrogens (tertiary/aromatic N) is 1. The van der Waals surface area contributed by atoms with Crippen LogP contribution in [0.1, 0.15) is 22.8 Å². The van der Waals surface area contributed by atoms with Gasteiger partial charge in [0.2, 0.25) is 10.0 Å². The van der Waals surface area contributed by atoms with Gasteiger partial charge in [0.15, 0.2) is 0 Å². The van der Waals surface area contributed by atoms with Crippen LogP contribution in [0.15, 0.2) is 23.1 Å². The Morgan fingerprint density at radius 2 is 1.96 bits per heavy atom. The molecule has 1 aliphatic rings. The lowest BCUT2D eigenvalue weighted by molar-refractivity contribution is 0.0730. The minimum absolute atomic E-state index is 0. The second-order valence-corrected chi connectivity index (χ2v) is 7.80. The maximum atomic E-state index is 12.8. The van der Waals surface area contributed by atoms with Crippen molar-refractivity contribution in [1.82, 2.24) is 14.9 Å². The largest absolute Gasteiger partial charge is 0.379 e. The first-order valence-corrected chi connectivity index (χ1v) is 9.44. The van der Waals surface area contributed by atoms with Gasteiger partial charge in [-0.15, -0.1) is 12.4 Å². The number of ether oxygens (including phenoxy) is 1. The van der Waals surface area contributed by atoms with Gasteiger partial charge in [0.1, 0.15) is 0 Å². The predicted octanol–water partition coefficient (Wildman–Crippen LogP) is 0.775. The van der Waals surface area contributed by atoms with Crippen molar-refractivity contribution in [3.8, 4) is 0 Å². The van der Waals surface area contributed by atoms with E-state index in [4.69, 9.17) is 4.74 Å². The molecule has 0 aromatic heterocycles. The Bertz CT molecular complexity index is 691. The van der Waals surface area contributed by atoms with Crippen LogP contribution in [0.2, 0.25) is 0 Å². The third-order valence-electron chi connectivity index (χ3n) is 4.10. The summed E-state index contributed by atoms with van der Waals surface area (Å²) in [6.45, 7) is 5.59. The van der Waals surface area contributed by atoms with Crippen molar-refractivity contribution in [3.05, 3.63) is 29.3 Å². The molecule has 1 fully saturated rings. The number of sulfonamides is 1. The molecule has 1 aliphatic heterocycles. The standard InChI is InChI=1S/C16H25N3O4S.ClH/c1-12-4-5-14(16(20)18-11-13(2)17-3)10-15(12)24(21,22)19-6-8-23-9-7-19;/h4-5,10,13,17H,6-9,11H2,1-3H3,(H,18,20);1H. The summed E-state index contributed by atoms with van der Waals surface area (Å²) in [5, 5.41) is 5.83. The van der Waals surface area contributed by atoms with Gasteiger partial charge in [0, 0.05) is 31.2 Å². The van der Waals surface area contributed by atoms with Gasteiger partial charge in [0.25, 0.3) is 5.91 Å². The Kier molecular flexibility index (Phi) is 8.30. The lowest BCUT2D eigenvalue weighted by Gasteiger charge is -2.26. The third kappa shape index (κ3) is 5.39. The van der Waals surface area contributed by atoms with Gasteiger partial charge in [0.05, 0.1) is 18.1 Å². The summed E-state index contributed by atoms with van der Waals surface area (Å²) in [7, 11) is -1.81. The number of rotatable bonds is 6. The molecule has 1 amide bonds. The number of carbonyl (C=O) groups is 1. The zero-order valence-corrected chi connectivity index (χ0v) is 16.4. The quantitative estimate of drug-likeness (QED) is 0.748.